The highest BCUT2D eigenvalue weighted by molar-refractivity contribution is 5.94. The van der Waals surface area contributed by atoms with Crippen LogP contribution < -0.4 is 5.73 Å². The molecule has 3 rings (SSSR count). The maximum absolute atomic E-state index is 9.96. The summed E-state index contributed by atoms with van der Waals surface area (Å²) in [6.45, 7) is 2.43. The third kappa shape index (κ3) is 1.83. The molecule has 5 heteroatoms. The lowest BCUT2D eigenvalue weighted by Gasteiger charge is -2.10. The predicted molar refractivity (Wildman–Crippen MR) is 77.8 cm³/mol. The Morgan fingerprint density at radius 3 is 2.65 bits per heavy atom. The van der Waals surface area contributed by atoms with Crippen LogP contribution in [-0.4, -0.2) is 20.1 Å². The number of phenols is 1. The summed E-state index contributed by atoms with van der Waals surface area (Å²) in [6.07, 6.45) is 0.800. The first-order chi connectivity index (χ1) is 9.76. The lowest BCUT2D eigenvalue weighted by molar-refractivity contribution is 0.481. The first-order valence-electron chi connectivity index (χ1n) is 6.60. The van der Waals surface area contributed by atoms with Gasteiger partial charge in [-0.3, -0.25) is 0 Å². The molecule has 0 aliphatic heterocycles. The van der Waals surface area contributed by atoms with Gasteiger partial charge in [-0.1, -0.05) is 36.4 Å². The molecule has 5 nitrogen and oxygen atoms in total. The number of hydrogen-bond donors (Lipinski definition) is 2. The van der Waals surface area contributed by atoms with Crippen molar-refractivity contribution in [3.05, 3.63) is 47.8 Å². The van der Waals surface area contributed by atoms with Crippen LogP contribution in [0.15, 0.2) is 36.4 Å². The summed E-state index contributed by atoms with van der Waals surface area (Å²) >= 11 is 0. The molecule has 20 heavy (non-hydrogen) atoms. The van der Waals surface area contributed by atoms with Gasteiger partial charge in [-0.15, -0.1) is 5.10 Å². The summed E-state index contributed by atoms with van der Waals surface area (Å²) in [4.78, 5) is 0. The van der Waals surface area contributed by atoms with Crippen LogP contribution in [0.4, 0.5) is 0 Å². The van der Waals surface area contributed by atoms with Crippen LogP contribution in [0.2, 0.25) is 0 Å². The van der Waals surface area contributed by atoms with Crippen molar-refractivity contribution in [2.24, 2.45) is 5.73 Å². The summed E-state index contributed by atoms with van der Waals surface area (Å²) in [5.41, 5.74) is 8.42. The number of phenolic OH excluding ortho intramolecular Hbond substituents is 1. The van der Waals surface area contributed by atoms with Gasteiger partial charge < -0.3 is 10.8 Å². The lowest BCUT2D eigenvalue weighted by Crippen LogP contribution is -2.05. The fourth-order valence-electron chi connectivity index (χ4n) is 2.50. The molecule has 3 aromatic rings. The van der Waals surface area contributed by atoms with Gasteiger partial charge in [0.1, 0.15) is 5.75 Å². The van der Waals surface area contributed by atoms with Gasteiger partial charge in [0.05, 0.1) is 17.1 Å². The number of aromatic hydroxyl groups is 1. The molecule has 0 fully saturated rings. The Kier molecular flexibility index (Phi) is 3.12. The van der Waals surface area contributed by atoms with Crippen molar-refractivity contribution in [3.8, 4) is 11.4 Å². The van der Waals surface area contributed by atoms with E-state index in [4.69, 9.17) is 5.73 Å². The van der Waals surface area contributed by atoms with E-state index in [1.165, 1.54) is 0 Å². The SMILES string of the molecule is CCc1c(CN)nnn1-c1cccc2c(O)cccc12. The number of nitrogens with zero attached hydrogens (tertiary/aromatic N) is 3. The van der Waals surface area contributed by atoms with E-state index in [2.05, 4.69) is 17.2 Å². The van der Waals surface area contributed by atoms with Crippen molar-refractivity contribution < 1.29 is 5.11 Å². The lowest BCUT2D eigenvalue weighted by atomic mass is 10.1. The van der Waals surface area contributed by atoms with Crippen LogP contribution in [0.3, 0.4) is 0 Å². The first-order valence-corrected chi connectivity index (χ1v) is 6.60. The number of benzene rings is 2. The second-order valence-electron chi connectivity index (χ2n) is 4.60. The highest BCUT2D eigenvalue weighted by atomic mass is 16.3. The van der Waals surface area contributed by atoms with Crippen LogP contribution in [0.25, 0.3) is 16.5 Å². The van der Waals surface area contributed by atoms with E-state index in [1.54, 1.807) is 6.07 Å². The zero-order chi connectivity index (χ0) is 14.1. The van der Waals surface area contributed by atoms with Crippen LogP contribution in [0, 0.1) is 0 Å². The third-order valence-corrected chi connectivity index (χ3v) is 3.48. The minimum atomic E-state index is 0.265. The van der Waals surface area contributed by atoms with Crippen molar-refractivity contribution in [2.75, 3.05) is 0 Å². The molecule has 1 heterocycles. The Hall–Kier alpha value is -2.40. The van der Waals surface area contributed by atoms with E-state index >= 15 is 0 Å². The fourth-order valence-corrected chi connectivity index (χ4v) is 2.50. The second kappa shape index (κ2) is 4.94. The van der Waals surface area contributed by atoms with Gasteiger partial charge in [0.25, 0.3) is 0 Å². The van der Waals surface area contributed by atoms with Crippen molar-refractivity contribution in [3.63, 3.8) is 0 Å². The van der Waals surface area contributed by atoms with Crippen LogP contribution >= 0.6 is 0 Å². The minimum Gasteiger partial charge on any atom is -0.507 e. The van der Waals surface area contributed by atoms with E-state index in [9.17, 15) is 5.11 Å². The largest absolute Gasteiger partial charge is 0.507 e. The zero-order valence-corrected chi connectivity index (χ0v) is 11.2. The van der Waals surface area contributed by atoms with Crippen molar-refractivity contribution in [1.82, 2.24) is 15.0 Å². The summed E-state index contributed by atoms with van der Waals surface area (Å²) in [5.74, 6) is 0.265. The molecule has 0 spiro atoms. The number of hydrogen-bond acceptors (Lipinski definition) is 4. The highest BCUT2D eigenvalue weighted by Crippen LogP contribution is 2.29. The van der Waals surface area contributed by atoms with Gasteiger partial charge in [-0.05, 0) is 18.6 Å². The summed E-state index contributed by atoms with van der Waals surface area (Å²) in [7, 11) is 0. The Bertz CT molecular complexity index is 764. The Balaban J connectivity index is 2.30. The topological polar surface area (TPSA) is 77.0 Å². The van der Waals surface area contributed by atoms with Gasteiger partial charge in [0.2, 0.25) is 0 Å². The molecule has 102 valence electrons. The van der Waals surface area contributed by atoms with Crippen LogP contribution in [0.1, 0.15) is 18.3 Å². The quantitative estimate of drug-likeness (QED) is 0.763. The Morgan fingerprint density at radius 1 is 1.15 bits per heavy atom. The smallest absolute Gasteiger partial charge is 0.123 e. The van der Waals surface area contributed by atoms with Crippen LogP contribution in [-0.2, 0) is 13.0 Å². The first kappa shape index (κ1) is 12.6. The van der Waals surface area contributed by atoms with Crippen LogP contribution in [0.5, 0.6) is 5.75 Å². The third-order valence-electron chi connectivity index (χ3n) is 3.48. The van der Waals surface area contributed by atoms with E-state index in [-0.39, 0.29) is 5.75 Å². The monoisotopic (exact) mass is 268 g/mol. The van der Waals surface area contributed by atoms with Gasteiger partial charge in [0.15, 0.2) is 0 Å². The maximum Gasteiger partial charge on any atom is 0.123 e. The van der Waals surface area contributed by atoms with E-state index in [0.717, 1.165) is 34.3 Å². The molecule has 0 unspecified atom stereocenters. The maximum atomic E-state index is 9.96. The molecular weight excluding hydrogens is 252 g/mol. The minimum absolute atomic E-state index is 0.265. The molecule has 2 aromatic carbocycles. The number of fused-ring (bicyclic) bond motifs is 1. The van der Waals surface area contributed by atoms with Crippen molar-refractivity contribution in [2.45, 2.75) is 19.9 Å². The zero-order valence-electron chi connectivity index (χ0n) is 11.2. The van der Waals surface area contributed by atoms with Gasteiger partial charge in [-0.2, -0.15) is 0 Å². The summed E-state index contributed by atoms with van der Waals surface area (Å²) < 4.78 is 1.81. The number of rotatable bonds is 3. The molecule has 0 saturated heterocycles. The molecule has 0 aliphatic carbocycles. The Labute approximate surface area is 116 Å². The molecule has 0 bridgehead atoms. The Morgan fingerprint density at radius 2 is 1.90 bits per heavy atom. The van der Waals surface area contributed by atoms with Crippen molar-refractivity contribution >= 4 is 10.8 Å². The normalized spacial score (nSPS) is 11.1. The fraction of sp³-hybridized carbons (Fsp3) is 0.200. The van der Waals surface area contributed by atoms with Gasteiger partial charge >= 0.3 is 0 Å². The molecule has 0 atom stereocenters. The summed E-state index contributed by atoms with van der Waals surface area (Å²) in [5, 5.41) is 20.0. The van der Waals surface area contributed by atoms with Gasteiger partial charge in [0, 0.05) is 17.3 Å². The number of nitrogens with two attached hydrogens (primary N) is 1. The average molecular weight is 268 g/mol. The van der Waals surface area contributed by atoms with E-state index in [1.807, 2.05) is 35.0 Å². The molecule has 3 N–H and O–H groups in total. The molecule has 0 saturated carbocycles. The average Bonchev–Trinajstić information content (AvgIpc) is 2.90. The standard InChI is InChI=1S/C15H16N4O/c1-2-13-12(9-16)17-18-19(13)14-7-3-6-11-10(14)5-4-8-15(11)20/h3-8,20H,2,9,16H2,1H3. The van der Waals surface area contributed by atoms with Crippen molar-refractivity contribution in [1.29, 1.82) is 0 Å². The highest BCUT2D eigenvalue weighted by Gasteiger charge is 2.13. The van der Waals surface area contributed by atoms with E-state index < -0.39 is 0 Å². The predicted octanol–water partition coefficient (Wildman–Crippen LogP) is 2.15. The van der Waals surface area contributed by atoms with E-state index in [0.29, 0.717) is 6.54 Å². The summed E-state index contributed by atoms with van der Waals surface area (Å²) in [6, 6.07) is 11.2. The van der Waals surface area contributed by atoms with Gasteiger partial charge in [-0.25, -0.2) is 4.68 Å². The molecular formula is C15H16N4O. The molecule has 0 aliphatic rings. The second-order valence-corrected chi connectivity index (χ2v) is 4.60. The molecule has 1 aromatic heterocycles. The molecule has 0 radical (unpaired) electrons. The molecule has 0 amide bonds. The number of aromatic nitrogens is 3.